The Morgan fingerprint density at radius 2 is 1.80 bits per heavy atom. The fourth-order valence-corrected chi connectivity index (χ4v) is 3.41. The van der Waals surface area contributed by atoms with Gasteiger partial charge in [0, 0.05) is 6.04 Å². The van der Waals surface area contributed by atoms with Crippen LogP contribution in [-0.2, 0) is 4.79 Å². The number of thiocarbonyl (C=S) groups is 1. The predicted molar refractivity (Wildman–Crippen MR) is 88.6 cm³/mol. The van der Waals surface area contributed by atoms with Gasteiger partial charge in [0.15, 0.2) is 0 Å². The number of carbonyl (C=O) groups excluding carboxylic acids is 1. The summed E-state index contributed by atoms with van der Waals surface area (Å²) in [5, 5.41) is 3.16. The van der Waals surface area contributed by atoms with E-state index in [9.17, 15) is 4.79 Å². The van der Waals surface area contributed by atoms with Crippen molar-refractivity contribution in [3.05, 3.63) is 0 Å². The Balaban J connectivity index is 2.71. The van der Waals surface area contributed by atoms with Gasteiger partial charge in [-0.25, -0.2) is 0 Å². The summed E-state index contributed by atoms with van der Waals surface area (Å²) in [6, 6.07) is 0.187. The molecule has 0 bridgehead atoms. The maximum Gasteiger partial charge on any atom is 0.233 e. The van der Waals surface area contributed by atoms with Crippen molar-refractivity contribution in [1.82, 2.24) is 5.32 Å². The molecule has 0 saturated heterocycles. The molecule has 116 valence electrons. The van der Waals surface area contributed by atoms with Crippen LogP contribution < -0.4 is 11.1 Å². The average molecular weight is 298 g/mol. The topological polar surface area (TPSA) is 55.1 Å². The molecule has 0 spiro atoms. The molecule has 1 aliphatic rings. The minimum Gasteiger partial charge on any atom is -0.392 e. The number of hydrogen-bond donors (Lipinski definition) is 2. The molecule has 0 radical (unpaired) electrons. The van der Waals surface area contributed by atoms with E-state index in [0.29, 0.717) is 10.9 Å². The molecule has 0 aromatic heterocycles. The highest BCUT2D eigenvalue weighted by atomic mass is 32.1. The molecule has 1 rings (SSSR count). The maximum absolute atomic E-state index is 12.7. The van der Waals surface area contributed by atoms with Crippen LogP contribution in [0, 0.1) is 11.3 Å². The fraction of sp³-hybridized carbons (Fsp3) is 0.875. The Kier molecular flexibility index (Phi) is 6.93. The van der Waals surface area contributed by atoms with Crippen LogP contribution in [0.2, 0.25) is 0 Å². The van der Waals surface area contributed by atoms with Gasteiger partial charge in [-0.3, -0.25) is 4.79 Å². The standard InChI is InChI=1S/C16H30N2OS/c1-4-12(2)11-13(3)18-15(19)16(14(17)20)9-7-5-6-8-10-16/h12-13H,4-11H2,1-3H3,(H2,17,20)(H,18,19). The SMILES string of the molecule is CCC(C)CC(C)NC(=O)C1(C(N)=S)CCCCCC1. The molecule has 0 aromatic rings. The molecular formula is C16H30N2OS. The van der Waals surface area contributed by atoms with Crippen molar-refractivity contribution < 1.29 is 4.79 Å². The van der Waals surface area contributed by atoms with Crippen LogP contribution in [0.15, 0.2) is 0 Å². The summed E-state index contributed by atoms with van der Waals surface area (Å²) >= 11 is 5.24. The first kappa shape index (κ1) is 17.4. The molecular weight excluding hydrogens is 268 g/mol. The fourth-order valence-electron chi connectivity index (χ4n) is 3.11. The molecule has 1 amide bonds. The molecule has 4 heteroatoms. The summed E-state index contributed by atoms with van der Waals surface area (Å²) in [5.74, 6) is 0.683. The molecule has 1 fully saturated rings. The summed E-state index contributed by atoms with van der Waals surface area (Å²) in [4.78, 5) is 13.1. The van der Waals surface area contributed by atoms with Gasteiger partial charge in [-0.1, -0.05) is 58.2 Å². The van der Waals surface area contributed by atoms with Gasteiger partial charge in [0.05, 0.1) is 10.4 Å². The molecule has 3 N–H and O–H groups in total. The molecule has 0 aliphatic heterocycles. The van der Waals surface area contributed by atoms with Crippen LogP contribution in [0.1, 0.15) is 72.1 Å². The second kappa shape index (κ2) is 7.96. The lowest BCUT2D eigenvalue weighted by Gasteiger charge is -2.32. The van der Waals surface area contributed by atoms with Gasteiger partial charge in [-0.2, -0.15) is 0 Å². The van der Waals surface area contributed by atoms with Crippen molar-refractivity contribution in [3.8, 4) is 0 Å². The smallest absolute Gasteiger partial charge is 0.233 e. The van der Waals surface area contributed by atoms with E-state index in [-0.39, 0.29) is 11.9 Å². The van der Waals surface area contributed by atoms with Crippen molar-refractivity contribution in [3.63, 3.8) is 0 Å². The Bertz CT molecular complexity index is 335. The summed E-state index contributed by atoms with van der Waals surface area (Å²) in [7, 11) is 0. The van der Waals surface area contributed by atoms with Crippen LogP contribution in [-0.4, -0.2) is 16.9 Å². The van der Waals surface area contributed by atoms with Crippen molar-refractivity contribution in [2.45, 2.75) is 78.2 Å². The zero-order valence-corrected chi connectivity index (χ0v) is 14.0. The third kappa shape index (κ3) is 4.44. The van der Waals surface area contributed by atoms with E-state index < -0.39 is 5.41 Å². The van der Waals surface area contributed by atoms with Gasteiger partial charge in [0.25, 0.3) is 0 Å². The van der Waals surface area contributed by atoms with E-state index in [0.717, 1.165) is 38.5 Å². The van der Waals surface area contributed by atoms with Crippen molar-refractivity contribution in [1.29, 1.82) is 0 Å². The Hall–Kier alpha value is -0.640. The second-order valence-corrected chi connectivity index (χ2v) is 6.92. The molecule has 0 heterocycles. The van der Waals surface area contributed by atoms with Gasteiger partial charge in [0.2, 0.25) is 5.91 Å². The largest absolute Gasteiger partial charge is 0.392 e. The summed E-state index contributed by atoms with van der Waals surface area (Å²) < 4.78 is 0. The van der Waals surface area contributed by atoms with E-state index >= 15 is 0 Å². The molecule has 2 atom stereocenters. The minimum absolute atomic E-state index is 0.0581. The summed E-state index contributed by atoms with van der Waals surface area (Å²) in [5.41, 5.74) is 5.34. The molecule has 1 saturated carbocycles. The Morgan fingerprint density at radius 3 is 2.25 bits per heavy atom. The van der Waals surface area contributed by atoms with Crippen molar-refractivity contribution in [2.75, 3.05) is 0 Å². The highest BCUT2D eigenvalue weighted by Gasteiger charge is 2.41. The first-order valence-electron chi connectivity index (χ1n) is 8.03. The number of nitrogens with one attached hydrogen (secondary N) is 1. The van der Waals surface area contributed by atoms with Gasteiger partial charge in [-0.05, 0) is 32.1 Å². The average Bonchev–Trinajstić information content (AvgIpc) is 2.64. The third-order valence-corrected chi connectivity index (χ3v) is 5.08. The lowest BCUT2D eigenvalue weighted by Crippen LogP contribution is -2.51. The maximum atomic E-state index is 12.7. The second-order valence-electron chi connectivity index (χ2n) is 6.48. The summed E-state index contributed by atoms with van der Waals surface area (Å²) in [6.07, 6.45) is 8.22. The highest BCUT2D eigenvalue weighted by molar-refractivity contribution is 7.80. The quantitative estimate of drug-likeness (QED) is 0.582. The summed E-state index contributed by atoms with van der Waals surface area (Å²) in [6.45, 7) is 6.48. The first-order chi connectivity index (χ1) is 9.42. The van der Waals surface area contributed by atoms with E-state index in [2.05, 4.69) is 26.1 Å². The third-order valence-electron chi connectivity index (χ3n) is 4.69. The normalized spacial score (nSPS) is 21.6. The lowest BCUT2D eigenvalue weighted by molar-refractivity contribution is -0.128. The lowest BCUT2D eigenvalue weighted by atomic mass is 9.79. The molecule has 0 aromatic carbocycles. The van der Waals surface area contributed by atoms with Crippen LogP contribution in [0.3, 0.4) is 0 Å². The van der Waals surface area contributed by atoms with Gasteiger partial charge in [0.1, 0.15) is 0 Å². The molecule has 2 unspecified atom stereocenters. The molecule has 1 aliphatic carbocycles. The molecule has 20 heavy (non-hydrogen) atoms. The van der Waals surface area contributed by atoms with Gasteiger partial charge in [-0.15, -0.1) is 0 Å². The minimum atomic E-state index is -0.602. The Morgan fingerprint density at radius 1 is 1.25 bits per heavy atom. The highest BCUT2D eigenvalue weighted by Crippen LogP contribution is 2.36. The predicted octanol–water partition coefficient (Wildman–Crippen LogP) is 3.55. The molecule has 3 nitrogen and oxygen atoms in total. The number of nitrogens with two attached hydrogens (primary N) is 1. The first-order valence-corrected chi connectivity index (χ1v) is 8.44. The number of rotatable bonds is 6. The van der Waals surface area contributed by atoms with E-state index in [1.165, 1.54) is 12.8 Å². The van der Waals surface area contributed by atoms with Crippen molar-refractivity contribution >= 4 is 23.1 Å². The van der Waals surface area contributed by atoms with E-state index in [1.807, 2.05) is 0 Å². The number of hydrogen-bond acceptors (Lipinski definition) is 2. The van der Waals surface area contributed by atoms with Gasteiger partial charge >= 0.3 is 0 Å². The number of carbonyl (C=O) groups is 1. The van der Waals surface area contributed by atoms with Gasteiger partial charge < -0.3 is 11.1 Å². The number of amides is 1. The zero-order valence-electron chi connectivity index (χ0n) is 13.2. The van der Waals surface area contributed by atoms with Crippen LogP contribution >= 0.6 is 12.2 Å². The van der Waals surface area contributed by atoms with Crippen LogP contribution in [0.25, 0.3) is 0 Å². The van der Waals surface area contributed by atoms with E-state index in [1.54, 1.807) is 0 Å². The zero-order chi connectivity index (χ0) is 15.2. The van der Waals surface area contributed by atoms with Crippen LogP contribution in [0.5, 0.6) is 0 Å². The monoisotopic (exact) mass is 298 g/mol. The Labute approximate surface area is 129 Å². The van der Waals surface area contributed by atoms with E-state index in [4.69, 9.17) is 18.0 Å². The van der Waals surface area contributed by atoms with Crippen molar-refractivity contribution in [2.24, 2.45) is 17.1 Å². The van der Waals surface area contributed by atoms with Crippen LogP contribution in [0.4, 0.5) is 0 Å².